The molecule has 17 heavy (non-hydrogen) atoms. The van der Waals surface area contributed by atoms with Crippen LogP contribution in [0, 0.1) is 0 Å². The molecule has 0 aliphatic heterocycles. The number of carboxylic acids is 1. The molecule has 0 aromatic heterocycles. The molecule has 0 aliphatic rings. The first-order valence-electron chi connectivity index (χ1n) is 5.97. The van der Waals surface area contributed by atoms with E-state index in [1.54, 1.807) is 19.9 Å². The summed E-state index contributed by atoms with van der Waals surface area (Å²) in [7, 11) is 0. The van der Waals surface area contributed by atoms with Crippen molar-refractivity contribution in [2.45, 2.75) is 45.6 Å². The van der Waals surface area contributed by atoms with Gasteiger partial charge >= 0.3 is 5.97 Å². The van der Waals surface area contributed by atoms with E-state index in [0.717, 1.165) is 19.3 Å². The first-order chi connectivity index (χ1) is 7.95. The lowest BCUT2D eigenvalue weighted by molar-refractivity contribution is -0.152. The molecular formula is C14H20O3. The smallest absolute Gasteiger partial charge is 0.347 e. The molecular weight excluding hydrogens is 216 g/mol. The van der Waals surface area contributed by atoms with Gasteiger partial charge in [0.15, 0.2) is 5.60 Å². The summed E-state index contributed by atoms with van der Waals surface area (Å²) in [4.78, 5) is 11.0. The molecule has 1 N–H and O–H groups in total. The van der Waals surface area contributed by atoms with E-state index in [9.17, 15) is 4.79 Å². The third-order valence-corrected chi connectivity index (χ3v) is 2.61. The molecule has 0 saturated heterocycles. The highest BCUT2D eigenvalue weighted by Crippen LogP contribution is 2.20. The van der Waals surface area contributed by atoms with E-state index < -0.39 is 11.6 Å². The van der Waals surface area contributed by atoms with Crippen LogP contribution in [0.5, 0.6) is 5.75 Å². The number of hydrogen-bond acceptors (Lipinski definition) is 2. The van der Waals surface area contributed by atoms with Crippen molar-refractivity contribution in [2.24, 2.45) is 0 Å². The Morgan fingerprint density at radius 3 is 2.71 bits per heavy atom. The zero-order valence-corrected chi connectivity index (χ0v) is 10.7. The molecule has 0 aliphatic carbocycles. The molecule has 3 heteroatoms. The molecule has 0 unspecified atom stereocenters. The van der Waals surface area contributed by atoms with Crippen LogP contribution >= 0.6 is 0 Å². The Hall–Kier alpha value is -1.51. The fraction of sp³-hybridized carbons (Fsp3) is 0.500. The number of rotatable bonds is 6. The Labute approximate surface area is 102 Å². The first kappa shape index (κ1) is 13.6. The number of aryl methyl sites for hydroxylation is 1. The van der Waals surface area contributed by atoms with Crippen LogP contribution in [0.15, 0.2) is 24.3 Å². The monoisotopic (exact) mass is 236 g/mol. The number of hydrogen-bond donors (Lipinski definition) is 1. The molecule has 0 fully saturated rings. The molecule has 94 valence electrons. The lowest BCUT2D eigenvalue weighted by atomic mass is 10.1. The SMILES string of the molecule is CCCCc1cccc(OC(C)(C)C(=O)O)c1. The summed E-state index contributed by atoms with van der Waals surface area (Å²) in [6.45, 7) is 5.25. The number of carboxylic acid groups (broad SMARTS) is 1. The fourth-order valence-electron chi connectivity index (χ4n) is 1.48. The van der Waals surface area contributed by atoms with Crippen LogP contribution in [0.3, 0.4) is 0 Å². The average Bonchev–Trinajstić information content (AvgIpc) is 2.26. The van der Waals surface area contributed by atoms with Crippen molar-refractivity contribution < 1.29 is 14.6 Å². The summed E-state index contributed by atoms with van der Waals surface area (Å²) in [5, 5.41) is 8.99. The number of aliphatic carboxylic acids is 1. The zero-order valence-electron chi connectivity index (χ0n) is 10.7. The van der Waals surface area contributed by atoms with Crippen molar-refractivity contribution in [1.29, 1.82) is 0 Å². The van der Waals surface area contributed by atoms with Gasteiger partial charge in [-0.05, 0) is 44.4 Å². The van der Waals surface area contributed by atoms with E-state index in [1.807, 2.05) is 18.2 Å². The summed E-state index contributed by atoms with van der Waals surface area (Å²) in [6.07, 6.45) is 3.28. The van der Waals surface area contributed by atoms with Crippen molar-refractivity contribution in [3.63, 3.8) is 0 Å². The molecule has 0 bridgehead atoms. The van der Waals surface area contributed by atoms with Crippen LogP contribution in [0.2, 0.25) is 0 Å². The molecule has 0 amide bonds. The topological polar surface area (TPSA) is 46.5 Å². The van der Waals surface area contributed by atoms with Crippen LogP contribution in [0.4, 0.5) is 0 Å². The zero-order chi connectivity index (χ0) is 12.9. The first-order valence-corrected chi connectivity index (χ1v) is 5.97. The van der Waals surface area contributed by atoms with Crippen molar-refractivity contribution in [3.8, 4) is 5.75 Å². The summed E-state index contributed by atoms with van der Waals surface area (Å²) in [5.74, 6) is -0.345. The van der Waals surface area contributed by atoms with Crippen LogP contribution in [0.25, 0.3) is 0 Å². The Balaban J connectivity index is 2.75. The third kappa shape index (κ3) is 4.10. The highest BCUT2D eigenvalue weighted by atomic mass is 16.5. The van der Waals surface area contributed by atoms with E-state index in [1.165, 1.54) is 5.56 Å². The van der Waals surface area contributed by atoms with Gasteiger partial charge in [-0.1, -0.05) is 25.5 Å². The second kappa shape index (κ2) is 5.71. The molecule has 3 nitrogen and oxygen atoms in total. The quantitative estimate of drug-likeness (QED) is 0.824. The Morgan fingerprint density at radius 1 is 1.41 bits per heavy atom. The van der Waals surface area contributed by atoms with E-state index >= 15 is 0 Å². The maximum absolute atomic E-state index is 11.0. The number of carbonyl (C=O) groups is 1. The second-order valence-corrected chi connectivity index (χ2v) is 4.67. The van der Waals surface area contributed by atoms with Crippen molar-refractivity contribution in [2.75, 3.05) is 0 Å². The fourth-order valence-corrected chi connectivity index (χ4v) is 1.48. The van der Waals surface area contributed by atoms with Gasteiger partial charge in [0.05, 0.1) is 0 Å². The van der Waals surface area contributed by atoms with Crippen LogP contribution in [-0.4, -0.2) is 16.7 Å². The normalized spacial score (nSPS) is 11.2. The summed E-state index contributed by atoms with van der Waals surface area (Å²) in [5.41, 5.74) is -0.00541. The highest BCUT2D eigenvalue weighted by Gasteiger charge is 2.29. The lowest BCUT2D eigenvalue weighted by Gasteiger charge is -2.21. The van der Waals surface area contributed by atoms with Gasteiger partial charge in [-0.2, -0.15) is 0 Å². The molecule has 1 rings (SSSR count). The van der Waals surface area contributed by atoms with E-state index in [4.69, 9.17) is 9.84 Å². The summed E-state index contributed by atoms with van der Waals surface area (Å²) >= 11 is 0. The highest BCUT2D eigenvalue weighted by molar-refractivity contribution is 5.76. The van der Waals surface area contributed by atoms with Crippen LogP contribution in [-0.2, 0) is 11.2 Å². The van der Waals surface area contributed by atoms with Crippen molar-refractivity contribution in [1.82, 2.24) is 0 Å². The third-order valence-electron chi connectivity index (χ3n) is 2.61. The maximum Gasteiger partial charge on any atom is 0.347 e. The minimum Gasteiger partial charge on any atom is -0.478 e. The lowest BCUT2D eigenvalue weighted by Crippen LogP contribution is -2.37. The predicted octanol–water partition coefficient (Wildman–Crippen LogP) is 3.27. The molecule has 1 aromatic rings. The number of ether oxygens (including phenoxy) is 1. The molecule has 0 atom stereocenters. The average molecular weight is 236 g/mol. The van der Waals surface area contributed by atoms with E-state index in [2.05, 4.69) is 6.92 Å². The predicted molar refractivity (Wildman–Crippen MR) is 67.4 cm³/mol. The van der Waals surface area contributed by atoms with Gasteiger partial charge in [0.2, 0.25) is 0 Å². The molecule has 0 radical (unpaired) electrons. The van der Waals surface area contributed by atoms with Crippen molar-refractivity contribution in [3.05, 3.63) is 29.8 Å². The Morgan fingerprint density at radius 2 is 2.12 bits per heavy atom. The maximum atomic E-state index is 11.0. The number of unbranched alkanes of at least 4 members (excludes halogenated alkanes) is 1. The summed E-state index contributed by atoms with van der Waals surface area (Å²) < 4.78 is 5.48. The standard InChI is InChI=1S/C14H20O3/c1-4-5-7-11-8-6-9-12(10-11)17-14(2,3)13(15)16/h6,8-10H,4-5,7H2,1-3H3,(H,15,16). The molecule has 0 spiro atoms. The largest absolute Gasteiger partial charge is 0.478 e. The van der Waals surface area contributed by atoms with E-state index in [-0.39, 0.29) is 0 Å². The van der Waals surface area contributed by atoms with Gasteiger partial charge in [-0.25, -0.2) is 4.79 Å². The van der Waals surface area contributed by atoms with Gasteiger partial charge < -0.3 is 9.84 Å². The van der Waals surface area contributed by atoms with E-state index in [0.29, 0.717) is 5.75 Å². The Kier molecular flexibility index (Phi) is 4.55. The van der Waals surface area contributed by atoms with Crippen LogP contribution < -0.4 is 4.74 Å². The van der Waals surface area contributed by atoms with Gasteiger partial charge in [-0.3, -0.25) is 0 Å². The molecule has 1 aromatic carbocycles. The summed E-state index contributed by atoms with van der Waals surface area (Å²) in [6, 6.07) is 7.65. The van der Waals surface area contributed by atoms with Gasteiger partial charge in [0.1, 0.15) is 5.75 Å². The minimum atomic E-state index is -1.19. The van der Waals surface area contributed by atoms with Gasteiger partial charge in [-0.15, -0.1) is 0 Å². The van der Waals surface area contributed by atoms with Crippen molar-refractivity contribution >= 4 is 5.97 Å². The minimum absolute atomic E-state index is 0.617. The van der Waals surface area contributed by atoms with Crippen LogP contribution in [0.1, 0.15) is 39.2 Å². The molecule has 0 heterocycles. The molecule has 0 saturated carbocycles. The van der Waals surface area contributed by atoms with Gasteiger partial charge in [0, 0.05) is 0 Å². The Bertz CT molecular complexity index is 383. The number of benzene rings is 1. The van der Waals surface area contributed by atoms with Gasteiger partial charge in [0.25, 0.3) is 0 Å². The second-order valence-electron chi connectivity index (χ2n) is 4.67.